The average Bonchev–Trinajstić information content (AvgIpc) is 2.99. The first-order valence-corrected chi connectivity index (χ1v) is 7.01. The minimum absolute atomic E-state index is 0.500. The van der Waals surface area contributed by atoms with Crippen LogP contribution in [0, 0.1) is 0 Å². The Bertz CT molecular complexity index is 693. The lowest BCUT2D eigenvalue weighted by molar-refractivity contribution is 0.305. The lowest BCUT2D eigenvalue weighted by Gasteiger charge is -2.02. The molecule has 0 radical (unpaired) electrons. The van der Waals surface area contributed by atoms with E-state index in [0.717, 1.165) is 17.7 Å². The van der Waals surface area contributed by atoms with E-state index in [1.807, 2.05) is 37.3 Å². The van der Waals surface area contributed by atoms with Gasteiger partial charge in [-0.15, -0.1) is 0 Å². The molecule has 21 heavy (non-hydrogen) atoms. The molecule has 106 valence electrons. The van der Waals surface area contributed by atoms with Crippen LogP contribution < -0.4 is 4.74 Å². The Morgan fingerprint density at radius 2 is 1.52 bits per heavy atom. The summed E-state index contributed by atoms with van der Waals surface area (Å²) in [4.78, 5) is 4.48. The van der Waals surface area contributed by atoms with Gasteiger partial charge in [-0.1, -0.05) is 49.4 Å². The second-order valence-corrected chi connectivity index (χ2v) is 4.75. The molecule has 0 unspecified atom stereocenters. The second-order valence-electron chi connectivity index (χ2n) is 4.75. The molecule has 3 rings (SSSR count). The van der Waals surface area contributed by atoms with Gasteiger partial charge in [0.25, 0.3) is 0 Å². The maximum atomic E-state index is 5.65. The number of aromatic nitrogens is 1. The highest BCUT2D eigenvalue weighted by atomic mass is 16.6. The van der Waals surface area contributed by atoms with Crippen molar-refractivity contribution >= 4 is 0 Å². The molecule has 0 atom stereocenters. The Kier molecular flexibility index (Phi) is 3.73. The van der Waals surface area contributed by atoms with Crippen molar-refractivity contribution in [2.45, 2.75) is 13.3 Å². The van der Waals surface area contributed by atoms with E-state index in [9.17, 15) is 0 Å². The molecular weight excluding hydrogens is 262 g/mol. The minimum Gasteiger partial charge on any atom is -0.467 e. The van der Waals surface area contributed by atoms with Gasteiger partial charge < -0.3 is 9.15 Å². The standard InChI is InChI=1S/C18H17NO2/c1-3-16-18(20-2)21-17(19-16)15-11-9-14(10-12-15)13-7-5-4-6-8-13/h4-12H,3H2,1-2H3. The Morgan fingerprint density at radius 1 is 0.905 bits per heavy atom. The number of nitrogens with zero attached hydrogens (tertiary/aromatic N) is 1. The molecule has 0 saturated heterocycles. The normalized spacial score (nSPS) is 10.6. The van der Waals surface area contributed by atoms with Crippen LogP contribution in [0.1, 0.15) is 12.6 Å². The Balaban J connectivity index is 1.92. The van der Waals surface area contributed by atoms with E-state index >= 15 is 0 Å². The zero-order valence-corrected chi connectivity index (χ0v) is 12.2. The molecule has 2 aromatic carbocycles. The average molecular weight is 279 g/mol. The van der Waals surface area contributed by atoms with E-state index in [-0.39, 0.29) is 0 Å². The van der Waals surface area contributed by atoms with Gasteiger partial charge in [0, 0.05) is 5.56 Å². The van der Waals surface area contributed by atoms with Gasteiger partial charge in [-0.3, -0.25) is 0 Å². The zero-order chi connectivity index (χ0) is 14.7. The van der Waals surface area contributed by atoms with Crippen molar-refractivity contribution in [3.05, 3.63) is 60.3 Å². The Morgan fingerprint density at radius 3 is 2.10 bits per heavy atom. The van der Waals surface area contributed by atoms with Crippen LogP contribution in [0.4, 0.5) is 0 Å². The van der Waals surface area contributed by atoms with Gasteiger partial charge in [-0.05, 0) is 29.7 Å². The molecule has 0 bridgehead atoms. The summed E-state index contributed by atoms with van der Waals surface area (Å²) in [6.45, 7) is 2.03. The monoisotopic (exact) mass is 279 g/mol. The Labute approximate surface area is 124 Å². The van der Waals surface area contributed by atoms with Gasteiger partial charge in [-0.2, -0.15) is 0 Å². The summed E-state index contributed by atoms with van der Waals surface area (Å²) in [5.74, 6) is 1.10. The fourth-order valence-electron chi connectivity index (χ4n) is 2.28. The molecule has 0 aliphatic heterocycles. The summed E-state index contributed by atoms with van der Waals surface area (Å²) < 4.78 is 10.9. The number of hydrogen-bond donors (Lipinski definition) is 0. The molecular formula is C18H17NO2. The van der Waals surface area contributed by atoms with Crippen molar-refractivity contribution in [3.63, 3.8) is 0 Å². The first-order valence-electron chi connectivity index (χ1n) is 7.01. The Hall–Kier alpha value is -2.55. The van der Waals surface area contributed by atoms with Crippen molar-refractivity contribution in [2.24, 2.45) is 0 Å². The topological polar surface area (TPSA) is 35.3 Å². The van der Waals surface area contributed by atoms with E-state index in [4.69, 9.17) is 9.15 Å². The molecule has 1 aromatic heterocycles. The van der Waals surface area contributed by atoms with Gasteiger partial charge in [0.1, 0.15) is 5.69 Å². The molecule has 3 nitrogen and oxygen atoms in total. The molecule has 0 fully saturated rings. The molecule has 3 aromatic rings. The van der Waals surface area contributed by atoms with E-state index in [1.54, 1.807) is 7.11 Å². The van der Waals surface area contributed by atoms with Crippen LogP contribution in [0.15, 0.2) is 59.0 Å². The van der Waals surface area contributed by atoms with E-state index < -0.39 is 0 Å². The van der Waals surface area contributed by atoms with Gasteiger partial charge in [0.2, 0.25) is 5.89 Å². The number of methoxy groups -OCH3 is 1. The molecule has 3 heteroatoms. The molecule has 0 N–H and O–H groups in total. The van der Waals surface area contributed by atoms with Crippen LogP contribution in [0.25, 0.3) is 22.6 Å². The summed E-state index contributed by atoms with van der Waals surface area (Å²) in [7, 11) is 1.60. The quantitative estimate of drug-likeness (QED) is 0.701. The van der Waals surface area contributed by atoms with Crippen LogP contribution in [-0.2, 0) is 6.42 Å². The second kappa shape index (κ2) is 5.83. The number of hydrogen-bond acceptors (Lipinski definition) is 3. The summed E-state index contributed by atoms with van der Waals surface area (Å²) >= 11 is 0. The highest BCUT2D eigenvalue weighted by molar-refractivity contribution is 5.67. The van der Waals surface area contributed by atoms with Gasteiger partial charge >= 0.3 is 5.95 Å². The smallest absolute Gasteiger partial charge is 0.308 e. The van der Waals surface area contributed by atoms with Gasteiger partial charge in [-0.25, -0.2) is 4.98 Å². The van der Waals surface area contributed by atoms with Crippen molar-refractivity contribution in [2.75, 3.05) is 7.11 Å². The van der Waals surface area contributed by atoms with Crippen LogP contribution in [0.5, 0.6) is 5.95 Å². The summed E-state index contributed by atoms with van der Waals surface area (Å²) in [5.41, 5.74) is 4.17. The summed E-state index contributed by atoms with van der Waals surface area (Å²) in [6, 6.07) is 18.5. The van der Waals surface area contributed by atoms with Crippen LogP contribution >= 0.6 is 0 Å². The fourth-order valence-corrected chi connectivity index (χ4v) is 2.28. The highest BCUT2D eigenvalue weighted by Crippen LogP contribution is 2.29. The largest absolute Gasteiger partial charge is 0.467 e. The molecule has 1 heterocycles. The molecule has 0 aliphatic carbocycles. The van der Waals surface area contributed by atoms with Crippen molar-refractivity contribution in [1.82, 2.24) is 4.98 Å². The van der Waals surface area contributed by atoms with Crippen molar-refractivity contribution in [1.29, 1.82) is 0 Å². The number of benzene rings is 2. The van der Waals surface area contributed by atoms with Gasteiger partial charge in [0.05, 0.1) is 7.11 Å². The van der Waals surface area contributed by atoms with E-state index in [2.05, 4.69) is 29.2 Å². The predicted octanol–water partition coefficient (Wildman–Crippen LogP) is 4.58. The highest BCUT2D eigenvalue weighted by Gasteiger charge is 2.13. The fraction of sp³-hybridized carbons (Fsp3) is 0.167. The first-order chi connectivity index (χ1) is 10.3. The third-order valence-corrected chi connectivity index (χ3v) is 3.42. The summed E-state index contributed by atoms with van der Waals surface area (Å²) in [5, 5.41) is 0. The lowest BCUT2D eigenvalue weighted by atomic mass is 10.0. The lowest BCUT2D eigenvalue weighted by Crippen LogP contribution is -1.86. The van der Waals surface area contributed by atoms with Crippen LogP contribution in [0.2, 0.25) is 0 Å². The third kappa shape index (κ3) is 2.68. The van der Waals surface area contributed by atoms with Crippen molar-refractivity contribution in [3.8, 4) is 28.5 Å². The maximum absolute atomic E-state index is 5.65. The third-order valence-electron chi connectivity index (χ3n) is 3.42. The first kappa shape index (κ1) is 13.4. The predicted molar refractivity (Wildman–Crippen MR) is 83.3 cm³/mol. The molecule has 0 amide bonds. The molecule has 0 saturated carbocycles. The van der Waals surface area contributed by atoms with Crippen LogP contribution in [-0.4, -0.2) is 12.1 Å². The summed E-state index contributed by atoms with van der Waals surface area (Å²) in [6.07, 6.45) is 0.786. The van der Waals surface area contributed by atoms with Gasteiger partial charge in [0.15, 0.2) is 0 Å². The van der Waals surface area contributed by atoms with Crippen LogP contribution in [0.3, 0.4) is 0 Å². The number of rotatable bonds is 4. The molecule has 0 spiro atoms. The van der Waals surface area contributed by atoms with E-state index in [1.165, 1.54) is 11.1 Å². The number of ether oxygens (including phenoxy) is 1. The number of aryl methyl sites for hydroxylation is 1. The molecule has 0 aliphatic rings. The SMILES string of the molecule is CCc1nc(-c2ccc(-c3ccccc3)cc2)oc1OC. The number of oxazole rings is 1. The van der Waals surface area contributed by atoms with E-state index in [0.29, 0.717) is 11.8 Å². The minimum atomic E-state index is 0.500. The zero-order valence-electron chi connectivity index (χ0n) is 12.2. The van der Waals surface area contributed by atoms with Crippen molar-refractivity contribution < 1.29 is 9.15 Å². The maximum Gasteiger partial charge on any atom is 0.308 e.